The lowest BCUT2D eigenvalue weighted by atomic mass is 9.84. The Balaban J connectivity index is 0.000000427. The van der Waals surface area contributed by atoms with E-state index in [-0.39, 0.29) is 5.91 Å². The van der Waals surface area contributed by atoms with Gasteiger partial charge in [-0.2, -0.15) is 5.26 Å². The second-order valence-electron chi connectivity index (χ2n) is 8.24. The zero-order valence-corrected chi connectivity index (χ0v) is 19.1. The highest BCUT2D eigenvalue weighted by atomic mass is 35.5. The fourth-order valence-corrected chi connectivity index (χ4v) is 4.50. The molecule has 1 atom stereocenters. The molecule has 4 rings (SSSR count). The van der Waals surface area contributed by atoms with Gasteiger partial charge in [0.1, 0.15) is 0 Å². The number of carboxylic acids is 1. The van der Waals surface area contributed by atoms with Gasteiger partial charge in [-0.05, 0) is 49.3 Å². The molecule has 2 heterocycles. The van der Waals surface area contributed by atoms with Crippen molar-refractivity contribution in [3.63, 3.8) is 0 Å². The Labute approximate surface area is 193 Å². The summed E-state index contributed by atoms with van der Waals surface area (Å²) in [5, 5.41) is 21.8. The first-order valence-corrected chi connectivity index (χ1v) is 11.5. The zero-order chi connectivity index (χ0) is 23.1. The van der Waals surface area contributed by atoms with Crippen molar-refractivity contribution in [3.8, 4) is 6.07 Å². The second kappa shape index (κ2) is 11.3. The number of carbonyl (C=O) groups excluding carboxylic acids is 1. The van der Waals surface area contributed by atoms with Crippen LogP contribution in [0.2, 0.25) is 5.02 Å². The van der Waals surface area contributed by atoms with E-state index in [1.54, 1.807) is 0 Å². The third-order valence-electron chi connectivity index (χ3n) is 5.88. The molecule has 1 fully saturated rings. The van der Waals surface area contributed by atoms with Crippen LogP contribution in [0.25, 0.3) is 10.9 Å². The molecular weight excluding hydrogens is 428 g/mol. The molecule has 1 aliphatic carbocycles. The second-order valence-corrected chi connectivity index (χ2v) is 8.62. The van der Waals surface area contributed by atoms with E-state index in [1.165, 1.54) is 0 Å². The minimum absolute atomic E-state index is 0.0538. The molecule has 1 aromatic heterocycles. The van der Waals surface area contributed by atoms with Crippen molar-refractivity contribution in [2.75, 3.05) is 26.2 Å². The number of nitrogens with zero attached hydrogens (tertiary/aromatic N) is 3. The number of carbonyl (C=O) groups is 2. The Morgan fingerprint density at radius 3 is 2.72 bits per heavy atom. The summed E-state index contributed by atoms with van der Waals surface area (Å²) in [6.45, 7) is 4.97. The van der Waals surface area contributed by atoms with Gasteiger partial charge in [0, 0.05) is 55.7 Å². The van der Waals surface area contributed by atoms with Gasteiger partial charge in [-0.15, -0.1) is 0 Å². The molecule has 0 bridgehead atoms. The highest BCUT2D eigenvalue weighted by Gasteiger charge is 2.24. The van der Waals surface area contributed by atoms with Crippen LogP contribution in [0, 0.1) is 17.2 Å². The first-order valence-electron chi connectivity index (χ1n) is 11.1. The van der Waals surface area contributed by atoms with Gasteiger partial charge >= 0.3 is 5.97 Å². The van der Waals surface area contributed by atoms with E-state index in [0.29, 0.717) is 24.3 Å². The number of nitriles is 1. The number of amides is 1. The molecule has 32 heavy (non-hydrogen) atoms. The van der Waals surface area contributed by atoms with Gasteiger partial charge < -0.3 is 15.3 Å². The zero-order valence-electron chi connectivity index (χ0n) is 18.4. The van der Waals surface area contributed by atoms with Crippen molar-refractivity contribution >= 4 is 34.4 Å². The van der Waals surface area contributed by atoms with Gasteiger partial charge in [0.05, 0.1) is 16.6 Å². The van der Waals surface area contributed by atoms with Crippen molar-refractivity contribution in [2.24, 2.45) is 5.92 Å². The van der Waals surface area contributed by atoms with E-state index in [4.69, 9.17) is 27.0 Å². The van der Waals surface area contributed by atoms with Crippen molar-refractivity contribution in [1.29, 1.82) is 5.26 Å². The largest absolute Gasteiger partial charge is 0.481 e. The number of hydrogen-bond acceptors (Lipinski definition) is 5. The SMILES string of the molecule is CCCC(=O)O.N#CCC1CCc2nc3cc(C(=O)N4CCNCC4)ccc3c(Cl)c2C1. The summed E-state index contributed by atoms with van der Waals surface area (Å²) in [5.74, 6) is -0.298. The van der Waals surface area contributed by atoms with Gasteiger partial charge in [0.2, 0.25) is 0 Å². The van der Waals surface area contributed by atoms with Crippen LogP contribution in [-0.4, -0.2) is 53.0 Å². The van der Waals surface area contributed by atoms with Gasteiger partial charge in [0.15, 0.2) is 0 Å². The first kappa shape index (κ1) is 24.0. The van der Waals surface area contributed by atoms with Crippen molar-refractivity contribution in [2.45, 2.75) is 45.4 Å². The molecule has 1 unspecified atom stereocenters. The average molecular weight is 457 g/mol. The highest BCUT2D eigenvalue weighted by Crippen LogP contribution is 2.36. The van der Waals surface area contributed by atoms with Crippen molar-refractivity contribution in [1.82, 2.24) is 15.2 Å². The number of benzene rings is 1. The maximum absolute atomic E-state index is 12.7. The van der Waals surface area contributed by atoms with Crippen LogP contribution in [0.5, 0.6) is 0 Å². The van der Waals surface area contributed by atoms with E-state index in [0.717, 1.165) is 79.0 Å². The molecule has 2 aromatic rings. The Bertz CT molecular complexity index is 1030. The van der Waals surface area contributed by atoms with Gasteiger partial charge in [0.25, 0.3) is 5.91 Å². The number of rotatable bonds is 4. The van der Waals surface area contributed by atoms with Crippen LogP contribution in [0.1, 0.15) is 54.2 Å². The molecule has 1 aliphatic heterocycles. The monoisotopic (exact) mass is 456 g/mol. The van der Waals surface area contributed by atoms with E-state index < -0.39 is 5.97 Å². The maximum Gasteiger partial charge on any atom is 0.303 e. The van der Waals surface area contributed by atoms with Crippen molar-refractivity contribution in [3.05, 3.63) is 40.0 Å². The van der Waals surface area contributed by atoms with Crippen LogP contribution >= 0.6 is 11.6 Å². The van der Waals surface area contributed by atoms with Gasteiger partial charge in [-0.3, -0.25) is 14.6 Å². The summed E-state index contributed by atoms with van der Waals surface area (Å²) in [5.41, 5.74) is 3.55. The Morgan fingerprint density at radius 2 is 2.09 bits per heavy atom. The smallest absolute Gasteiger partial charge is 0.303 e. The lowest BCUT2D eigenvalue weighted by molar-refractivity contribution is -0.137. The Hall–Kier alpha value is -2.69. The number of fused-ring (bicyclic) bond motifs is 2. The van der Waals surface area contributed by atoms with Gasteiger partial charge in [-0.1, -0.05) is 24.6 Å². The molecule has 8 heteroatoms. The average Bonchev–Trinajstić information content (AvgIpc) is 2.80. The summed E-state index contributed by atoms with van der Waals surface area (Å²) in [4.78, 5) is 29.0. The van der Waals surface area contributed by atoms with E-state index in [9.17, 15) is 9.59 Å². The summed E-state index contributed by atoms with van der Waals surface area (Å²) < 4.78 is 0. The van der Waals surface area contributed by atoms with Crippen LogP contribution in [0.4, 0.5) is 0 Å². The summed E-state index contributed by atoms with van der Waals surface area (Å²) in [6, 6.07) is 7.89. The van der Waals surface area contributed by atoms with Crippen LogP contribution in [-0.2, 0) is 17.6 Å². The summed E-state index contributed by atoms with van der Waals surface area (Å²) in [7, 11) is 0. The number of aromatic nitrogens is 1. The summed E-state index contributed by atoms with van der Waals surface area (Å²) >= 11 is 6.68. The number of aliphatic carboxylic acids is 1. The third kappa shape index (κ3) is 5.76. The number of carboxylic acid groups (broad SMARTS) is 1. The van der Waals surface area contributed by atoms with Crippen LogP contribution in [0.3, 0.4) is 0 Å². The molecular formula is C24H29ClN4O3. The van der Waals surface area contributed by atoms with E-state index >= 15 is 0 Å². The molecule has 1 saturated heterocycles. The predicted octanol–water partition coefficient (Wildman–Crippen LogP) is 3.82. The predicted molar refractivity (Wildman–Crippen MR) is 124 cm³/mol. The lowest BCUT2D eigenvalue weighted by Crippen LogP contribution is -2.46. The van der Waals surface area contributed by atoms with Gasteiger partial charge in [-0.25, -0.2) is 0 Å². The summed E-state index contributed by atoms with van der Waals surface area (Å²) in [6.07, 6.45) is 4.20. The fourth-order valence-electron chi connectivity index (χ4n) is 4.16. The number of halogens is 1. The molecule has 2 aliphatic rings. The van der Waals surface area contributed by atoms with Crippen molar-refractivity contribution < 1.29 is 14.7 Å². The minimum Gasteiger partial charge on any atom is -0.481 e. The molecule has 0 spiro atoms. The third-order valence-corrected chi connectivity index (χ3v) is 6.31. The number of piperazine rings is 1. The Kier molecular flexibility index (Phi) is 8.43. The number of aryl methyl sites for hydroxylation is 1. The van der Waals surface area contributed by atoms with E-state index in [2.05, 4.69) is 11.4 Å². The molecule has 1 amide bonds. The van der Waals surface area contributed by atoms with E-state index in [1.807, 2.05) is 30.0 Å². The standard InChI is InChI=1S/C20H21ClN4O.C4H8O2/c21-19-15-3-2-14(20(26)25-9-7-23-8-10-25)12-18(15)24-17-4-1-13(5-6-22)11-16(17)19;1-2-3-4(5)6/h2-3,12-13,23H,1,4-5,7-11H2;2-3H2,1H3,(H,5,6). The van der Waals surface area contributed by atoms with Crippen LogP contribution in [0.15, 0.2) is 18.2 Å². The Morgan fingerprint density at radius 1 is 1.34 bits per heavy atom. The molecule has 1 aromatic carbocycles. The maximum atomic E-state index is 12.7. The lowest BCUT2D eigenvalue weighted by Gasteiger charge is -2.27. The quantitative estimate of drug-likeness (QED) is 0.724. The number of hydrogen-bond donors (Lipinski definition) is 2. The normalized spacial score (nSPS) is 17.7. The molecule has 0 saturated carbocycles. The molecule has 170 valence electrons. The first-order chi connectivity index (χ1) is 15.4. The number of pyridine rings is 1. The molecule has 0 radical (unpaired) electrons. The van der Waals surface area contributed by atoms with Crippen LogP contribution < -0.4 is 5.32 Å². The number of nitrogens with one attached hydrogen (secondary N) is 1. The molecule has 7 nitrogen and oxygen atoms in total. The minimum atomic E-state index is -0.711. The molecule has 2 N–H and O–H groups in total. The fraction of sp³-hybridized carbons (Fsp3) is 0.500. The highest BCUT2D eigenvalue weighted by molar-refractivity contribution is 6.36. The topological polar surface area (TPSA) is 106 Å².